The van der Waals surface area contributed by atoms with Crippen LogP contribution in [-0.4, -0.2) is 53.2 Å². The zero-order valence-electron chi connectivity index (χ0n) is 20.2. The summed E-state index contributed by atoms with van der Waals surface area (Å²) in [6, 6.07) is 16.4. The average Bonchev–Trinajstić information content (AvgIpc) is 2.92. The van der Waals surface area contributed by atoms with Crippen molar-refractivity contribution in [2.24, 2.45) is 0 Å². The fourth-order valence-corrected chi connectivity index (χ4v) is 5.24. The molecule has 0 aliphatic carbocycles. The number of hydrogen-bond acceptors (Lipinski definition) is 8. The minimum Gasteiger partial charge on any atom is -0.493 e. The van der Waals surface area contributed by atoms with Gasteiger partial charge in [-0.25, -0.2) is 13.2 Å². The van der Waals surface area contributed by atoms with Crippen LogP contribution in [-0.2, 0) is 27.8 Å². The molecule has 1 aliphatic heterocycles. The van der Waals surface area contributed by atoms with Gasteiger partial charge < -0.3 is 23.7 Å². The minimum absolute atomic E-state index is 0.0621. The number of hydrogen-bond donors (Lipinski definition) is 0. The van der Waals surface area contributed by atoms with Crippen molar-refractivity contribution in [2.75, 3.05) is 34.5 Å². The first-order valence-electron chi connectivity index (χ1n) is 11.1. The third-order valence-electron chi connectivity index (χ3n) is 5.69. The molecule has 1 aliphatic rings. The Labute approximate surface area is 210 Å². The lowest BCUT2D eigenvalue weighted by Crippen LogP contribution is -2.30. The van der Waals surface area contributed by atoms with Crippen LogP contribution in [0.5, 0.6) is 23.0 Å². The van der Waals surface area contributed by atoms with E-state index in [-0.39, 0.29) is 18.0 Å². The van der Waals surface area contributed by atoms with E-state index in [2.05, 4.69) is 0 Å². The van der Waals surface area contributed by atoms with Crippen molar-refractivity contribution < 1.29 is 36.9 Å². The Morgan fingerprint density at radius 2 is 1.44 bits per heavy atom. The molecular formula is C26H27NO8S. The van der Waals surface area contributed by atoms with Gasteiger partial charge in [-0.15, -0.1) is 0 Å². The van der Waals surface area contributed by atoms with Gasteiger partial charge in [-0.3, -0.25) is 0 Å². The van der Waals surface area contributed by atoms with Gasteiger partial charge >= 0.3 is 5.97 Å². The number of ether oxygens (including phenoxy) is 5. The first-order valence-corrected chi connectivity index (χ1v) is 12.6. The van der Waals surface area contributed by atoms with Gasteiger partial charge in [0, 0.05) is 19.2 Å². The summed E-state index contributed by atoms with van der Waals surface area (Å²) in [5.74, 6) is 1.46. The number of carbonyl (C=O) groups excluding carboxylic acids is 1. The van der Waals surface area contributed by atoms with Crippen LogP contribution >= 0.6 is 0 Å². The maximum absolute atomic E-state index is 13.8. The molecule has 0 aromatic heterocycles. The molecule has 3 aromatic rings. The second kappa shape index (κ2) is 10.9. The van der Waals surface area contributed by atoms with E-state index in [1.165, 1.54) is 37.8 Å². The molecule has 0 amide bonds. The standard InChI is InChI=1S/C26H27NO8S/c1-31-22-10-6-19(14-24(22)32-2)17-27(16-18-4-7-20(8-5-18)26(28)33-3)36(29,30)21-9-11-23-25(15-21)35-13-12-34-23/h4-11,14-15H,12-13,16-17H2,1-3H3. The van der Waals surface area contributed by atoms with Crippen LogP contribution in [0.3, 0.4) is 0 Å². The lowest BCUT2D eigenvalue weighted by molar-refractivity contribution is 0.0600. The van der Waals surface area contributed by atoms with Gasteiger partial charge in [0.05, 0.1) is 31.8 Å². The van der Waals surface area contributed by atoms with Crippen LogP contribution in [0.15, 0.2) is 65.6 Å². The molecule has 36 heavy (non-hydrogen) atoms. The number of fused-ring (bicyclic) bond motifs is 1. The van der Waals surface area contributed by atoms with Gasteiger partial charge in [0.15, 0.2) is 23.0 Å². The number of sulfonamides is 1. The first kappa shape index (κ1) is 25.3. The summed E-state index contributed by atoms with van der Waals surface area (Å²) >= 11 is 0. The Bertz CT molecular complexity index is 1340. The zero-order chi connectivity index (χ0) is 25.7. The fraction of sp³-hybridized carbons (Fsp3) is 0.269. The monoisotopic (exact) mass is 513 g/mol. The third-order valence-corrected chi connectivity index (χ3v) is 7.48. The molecule has 190 valence electrons. The summed E-state index contributed by atoms with van der Waals surface area (Å²) in [7, 11) is 0.401. The van der Waals surface area contributed by atoms with Crippen LogP contribution in [0.25, 0.3) is 0 Å². The lowest BCUT2D eigenvalue weighted by atomic mass is 10.1. The highest BCUT2D eigenvalue weighted by Crippen LogP contribution is 2.34. The molecule has 0 spiro atoms. The van der Waals surface area contributed by atoms with Crippen LogP contribution in [0.4, 0.5) is 0 Å². The molecule has 10 heteroatoms. The molecular weight excluding hydrogens is 486 g/mol. The van der Waals surface area contributed by atoms with Crippen LogP contribution < -0.4 is 18.9 Å². The third kappa shape index (κ3) is 5.39. The molecule has 4 rings (SSSR count). The molecule has 0 saturated carbocycles. The minimum atomic E-state index is -3.96. The second-order valence-electron chi connectivity index (χ2n) is 7.96. The van der Waals surface area contributed by atoms with Gasteiger partial charge in [0.2, 0.25) is 10.0 Å². The van der Waals surface area contributed by atoms with Crippen molar-refractivity contribution in [3.63, 3.8) is 0 Å². The Hall–Kier alpha value is -3.76. The van der Waals surface area contributed by atoms with Crippen molar-refractivity contribution in [1.82, 2.24) is 4.31 Å². The highest BCUT2D eigenvalue weighted by molar-refractivity contribution is 7.89. The number of esters is 1. The number of methoxy groups -OCH3 is 3. The van der Waals surface area contributed by atoms with E-state index in [0.717, 1.165) is 0 Å². The second-order valence-corrected chi connectivity index (χ2v) is 9.89. The summed E-state index contributed by atoms with van der Waals surface area (Å²) in [6.45, 7) is 0.882. The molecule has 0 unspecified atom stereocenters. The highest BCUT2D eigenvalue weighted by atomic mass is 32.2. The summed E-state index contributed by atoms with van der Waals surface area (Å²) in [5, 5.41) is 0. The number of nitrogens with zero attached hydrogens (tertiary/aromatic N) is 1. The van der Waals surface area contributed by atoms with E-state index in [0.29, 0.717) is 52.9 Å². The Morgan fingerprint density at radius 1 is 0.806 bits per heavy atom. The largest absolute Gasteiger partial charge is 0.493 e. The number of benzene rings is 3. The maximum Gasteiger partial charge on any atom is 0.337 e. The summed E-state index contributed by atoms with van der Waals surface area (Å²) in [4.78, 5) is 11.9. The van der Waals surface area contributed by atoms with E-state index in [9.17, 15) is 13.2 Å². The average molecular weight is 514 g/mol. The molecule has 0 bridgehead atoms. The molecule has 0 fully saturated rings. The van der Waals surface area contributed by atoms with Crippen molar-refractivity contribution in [3.05, 3.63) is 77.4 Å². The predicted molar refractivity (Wildman–Crippen MR) is 131 cm³/mol. The van der Waals surface area contributed by atoms with E-state index in [4.69, 9.17) is 23.7 Å². The molecule has 0 radical (unpaired) electrons. The molecule has 3 aromatic carbocycles. The molecule has 0 atom stereocenters. The van der Waals surface area contributed by atoms with Crippen molar-refractivity contribution in [1.29, 1.82) is 0 Å². The number of carbonyl (C=O) groups is 1. The van der Waals surface area contributed by atoms with Gasteiger partial charge in [-0.2, -0.15) is 4.31 Å². The Morgan fingerprint density at radius 3 is 2.11 bits per heavy atom. The van der Waals surface area contributed by atoms with Gasteiger partial charge in [0.25, 0.3) is 0 Å². The normalized spacial score (nSPS) is 12.8. The SMILES string of the molecule is COC(=O)c1ccc(CN(Cc2ccc(OC)c(OC)c2)S(=O)(=O)c2ccc3c(c2)OCCO3)cc1. The Kier molecular flexibility index (Phi) is 7.66. The lowest BCUT2D eigenvalue weighted by Gasteiger charge is -2.24. The molecule has 9 nitrogen and oxygen atoms in total. The van der Waals surface area contributed by atoms with Crippen molar-refractivity contribution >= 4 is 16.0 Å². The van der Waals surface area contributed by atoms with E-state index in [1.54, 1.807) is 48.5 Å². The highest BCUT2D eigenvalue weighted by Gasteiger charge is 2.27. The summed E-state index contributed by atoms with van der Waals surface area (Å²) < 4.78 is 55.6. The summed E-state index contributed by atoms with van der Waals surface area (Å²) in [6.07, 6.45) is 0. The van der Waals surface area contributed by atoms with Crippen molar-refractivity contribution in [2.45, 2.75) is 18.0 Å². The predicted octanol–water partition coefficient (Wildman–Crippen LogP) is 3.65. The number of rotatable bonds is 9. The van der Waals surface area contributed by atoms with Gasteiger partial charge in [-0.05, 0) is 47.5 Å². The van der Waals surface area contributed by atoms with Crippen LogP contribution in [0.2, 0.25) is 0 Å². The molecule has 0 saturated heterocycles. The van der Waals surface area contributed by atoms with E-state index in [1.807, 2.05) is 0 Å². The summed E-state index contributed by atoms with van der Waals surface area (Å²) in [5.41, 5.74) is 1.78. The zero-order valence-corrected chi connectivity index (χ0v) is 21.0. The quantitative estimate of drug-likeness (QED) is 0.400. The van der Waals surface area contributed by atoms with E-state index >= 15 is 0 Å². The molecule has 0 N–H and O–H groups in total. The first-order chi connectivity index (χ1) is 17.3. The van der Waals surface area contributed by atoms with Gasteiger partial charge in [-0.1, -0.05) is 18.2 Å². The van der Waals surface area contributed by atoms with Crippen LogP contribution in [0, 0.1) is 0 Å². The smallest absolute Gasteiger partial charge is 0.337 e. The van der Waals surface area contributed by atoms with Crippen molar-refractivity contribution in [3.8, 4) is 23.0 Å². The van der Waals surface area contributed by atoms with E-state index < -0.39 is 16.0 Å². The van der Waals surface area contributed by atoms with Gasteiger partial charge in [0.1, 0.15) is 13.2 Å². The topological polar surface area (TPSA) is 101 Å². The van der Waals surface area contributed by atoms with Crippen LogP contribution in [0.1, 0.15) is 21.5 Å². The molecule has 1 heterocycles. The Balaban J connectivity index is 1.69. The maximum atomic E-state index is 13.8. The fourth-order valence-electron chi connectivity index (χ4n) is 3.81.